The van der Waals surface area contributed by atoms with E-state index in [4.69, 9.17) is 10.5 Å². The molecule has 1 rings (SSSR count). The van der Waals surface area contributed by atoms with E-state index in [0.29, 0.717) is 19.7 Å². The third kappa shape index (κ3) is 3.43. The molecule has 0 atom stereocenters. The summed E-state index contributed by atoms with van der Waals surface area (Å²) in [5.41, 5.74) is 5.24. The van der Waals surface area contributed by atoms with Gasteiger partial charge in [0, 0.05) is 34.3 Å². The molecule has 0 aromatic carbocycles. The van der Waals surface area contributed by atoms with Crippen LogP contribution < -0.4 is 5.73 Å². The van der Waals surface area contributed by atoms with Gasteiger partial charge < -0.3 is 20.3 Å². The molecule has 2 N–H and O–H groups in total. The summed E-state index contributed by atoms with van der Waals surface area (Å²) in [6.07, 6.45) is 1.64. The lowest BCUT2D eigenvalue weighted by molar-refractivity contribution is -0.143. The number of methoxy groups -OCH3 is 1. The number of amides is 2. The molecule has 1 saturated carbocycles. The van der Waals surface area contributed by atoms with Crippen molar-refractivity contribution in [2.24, 2.45) is 11.1 Å². The summed E-state index contributed by atoms with van der Waals surface area (Å²) in [7, 11) is 4.93. The zero-order valence-electron chi connectivity index (χ0n) is 11.4. The van der Waals surface area contributed by atoms with Gasteiger partial charge in [-0.15, -0.1) is 0 Å². The van der Waals surface area contributed by atoms with Crippen molar-refractivity contribution in [3.63, 3.8) is 0 Å². The molecule has 6 heteroatoms. The van der Waals surface area contributed by atoms with E-state index in [1.165, 1.54) is 4.90 Å². The average Bonchev–Trinajstić information content (AvgIpc) is 3.14. The Morgan fingerprint density at radius 3 is 2.33 bits per heavy atom. The lowest BCUT2D eigenvalue weighted by atomic mass is 10.1. The van der Waals surface area contributed by atoms with Crippen LogP contribution in [0.15, 0.2) is 0 Å². The zero-order chi connectivity index (χ0) is 13.8. The first-order valence-electron chi connectivity index (χ1n) is 6.15. The minimum Gasteiger partial charge on any atom is -0.383 e. The summed E-state index contributed by atoms with van der Waals surface area (Å²) in [4.78, 5) is 27.1. The van der Waals surface area contributed by atoms with Crippen molar-refractivity contribution in [3.8, 4) is 0 Å². The number of carbonyl (C=O) groups is 2. The van der Waals surface area contributed by atoms with Gasteiger partial charge in [0.1, 0.15) is 0 Å². The van der Waals surface area contributed by atoms with Gasteiger partial charge in [0.15, 0.2) is 0 Å². The summed E-state index contributed by atoms with van der Waals surface area (Å²) < 4.78 is 4.98. The van der Waals surface area contributed by atoms with Crippen molar-refractivity contribution in [1.29, 1.82) is 0 Å². The van der Waals surface area contributed by atoms with E-state index < -0.39 is 5.41 Å². The smallest absolute Gasteiger partial charge is 0.241 e. The lowest BCUT2D eigenvalue weighted by Crippen LogP contribution is -2.46. The Bertz CT molecular complexity index is 314. The molecular weight excluding hydrogens is 234 g/mol. The van der Waals surface area contributed by atoms with E-state index in [1.807, 2.05) is 0 Å². The Morgan fingerprint density at radius 1 is 1.33 bits per heavy atom. The van der Waals surface area contributed by atoms with Gasteiger partial charge in [-0.2, -0.15) is 0 Å². The second kappa shape index (κ2) is 6.15. The summed E-state index contributed by atoms with van der Waals surface area (Å²) >= 11 is 0. The number of hydrogen-bond donors (Lipinski definition) is 1. The number of nitrogens with zero attached hydrogens (tertiary/aromatic N) is 2. The number of ether oxygens (including phenoxy) is 1. The average molecular weight is 257 g/mol. The number of nitrogens with two attached hydrogens (primary N) is 1. The molecular formula is C12H23N3O3. The van der Waals surface area contributed by atoms with Crippen LogP contribution in [0, 0.1) is 5.41 Å². The number of rotatable bonds is 7. The molecule has 0 spiro atoms. The molecule has 6 nitrogen and oxygen atoms in total. The van der Waals surface area contributed by atoms with Crippen LogP contribution in [0.3, 0.4) is 0 Å². The van der Waals surface area contributed by atoms with E-state index in [1.54, 1.807) is 26.1 Å². The fraction of sp³-hybridized carbons (Fsp3) is 0.833. The Kier molecular flexibility index (Phi) is 5.10. The highest BCUT2D eigenvalue weighted by molar-refractivity contribution is 5.89. The van der Waals surface area contributed by atoms with E-state index >= 15 is 0 Å². The molecule has 1 fully saturated rings. The number of carbonyl (C=O) groups excluding carboxylic acids is 2. The number of likely N-dealkylation sites (N-methyl/N-ethyl adjacent to an activating group) is 1. The third-order valence-electron chi connectivity index (χ3n) is 3.38. The van der Waals surface area contributed by atoms with Crippen LogP contribution in [0.4, 0.5) is 0 Å². The standard InChI is InChI=1S/C12H23N3O3/c1-14(2)10(16)8-15(6-7-18-3)11(17)12(9-13)4-5-12/h4-9,13H2,1-3H3. The maximum absolute atomic E-state index is 12.3. The molecule has 0 aliphatic heterocycles. The van der Waals surface area contributed by atoms with E-state index in [-0.39, 0.29) is 18.4 Å². The molecule has 2 amide bonds. The van der Waals surface area contributed by atoms with Crippen molar-refractivity contribution in [3.05, 3.63) is 0 Å². The third-order valence-corrected chi connectivity index (χ3v) is 3.38. The van der Waals surface area contributed by atoms with Crippen molar-refractivity contribution in [2.75, 3.05) is 47.4 Å². The highest BCUT2D eigenvalue weighted by Crippen LogP contribution is 2.46. The Labute approximate surface area is 108 Å². The highest BCUT2D eigenvalue weighted by Gasteiger charge is 2.50. The SMILES string of the molecule is COCCN(CC(=O)N(C)C)C(=O)C1(CN)CC1. The molecule has 1 aliphatic rings. The van der Waals surface area contributed by atoms with Gasteiger partial charge >= 0.3 is 0 Å². The lowest BCUT2D eigenvalue weighted by Gasteiger charge is -2.27. The maximum atomic E-state index is 12.3. The summed E-state index contributed by atoms with van der Waals surface area (Å²) in [6.45, 7) is 1.30. The van der Waals surface area contributed by atoms with Crippen LogP contribution in [0.2, 0.25) is 0 Å². The first-order valence-corrected chi connectivity index (χ1v) is 6.15. The van der Waals surface area contributed by atoms with Crippen molar-refractivity contribution in [1.82, 2.24) is 9.80 Å². The molecule has 104 valence electrons. The normalized spacial score (nSPS) is 16.2. The first-order chi connectivity index (χ1) is 8.46. The second-order valence-corrected chi connectivity index (χ2v) is 4.99. The van der Waals surface area contributed by atoms with Crippen LogP contribution in [0.1, 0.15) is 12.8 Å². The van der Waals surface area contributed by atoms with Crippen molar-refractivity contribution < 1.29 is 14.3 Å². The quantitative estimate of drug-likeness (QED) is 0.653. The van der Waals surface area contributed by atoms with Crippen LogP contribution in [-0.2, 0) is 14.3 Å². The predicted octanol–water partition coefficient (Wildman–Crippen LogP) is -0.711. The molecule has 0 bridgehead atoms. The van der Waals surface area contributed by atoms with Gasteiger partial charge in [0.05, 0.1) is 18.6 Å². The van der Waals surface area contributed by atoms with Gasteiger partial charge in [-0.05, 0) is 12.8 Å². The van der Waals surface area contributed by atoms with Gasteiger partial charge in [0.2, 0.25) is 11.8 Å². The topological polar surface area (TPSA) is 75.9 Å². The summed E-state index contributed by atoms with van der Waals surface area (Å²) in [5, 5.41) is 0. The molecule has 0 heterocycles. The maximum Gasteiger partial charge on any atom is 0.241 e. The molecule has 0 unspecified atom stereocenters. The van der Waals surface area contributed by atoms with Gasteiger partial charge in [0.25, 0.3) is 0 Å². The van der Waals surface area contributed by atoms with Crippen LogP contribution in [-0.4, -0.2) is 69.1 Å². The summed E-state index contributed by atoms with van der Waals surface area (Å²) in [5.74, 6) is -0.107. The van der Waals surface area contributed by atoms with Gasteiger partial charge in [-0.1, -0.05) is 0 Å². The Balaban J connectivity index is 2.65. The largest absolute Gasteiger partial charge is 0.383 e. The molecule has 18 heavy (non-hydrogen) atoms. The van der Waals surface area contributed by atoms with Crippen LogP contribution in [0.25, 0.3) is 0 Å². The predicted molar refractivity (Wildman–Crippen MR) is 67.9 cm³/mol. The van der Waals surface area contributed by atoms with Crippen molar-refractivity contribution in [2.45, 2.75) is 12.8 Å². The highest BCUT2D eigenvalue weighted by atomic mass is 16.5. The van der Waals surface area contributed by atoms with Crippen molar-refractivity contribution >= 4 is 11.8 Å². The molecule has 0 aromatic heterocycles. The fourth-order valence-corrected chi connectivity index (χ4v) is 1.75. The van der Waals surface area contributed by atoms with E-state index in [0.717, 1.165) is 12.8 Å². The van der Waals surface area contributed by atoms with Gasteiger partial charge in [-0.3, -0.25) is 9.59 Å². The minimum atomic E-state index is -0.416. The monoisotopic (exact) mass is 257 g/mol. The molecule has 0 aromatic rings. The minimum absolute atomic E-state index is 0.0164. The Morgan fingerprint density at radius 2 is 1.94 bits per heavy atom. The second-order valence-electron chi connectivity index (χ2n) is 4.99. The van der Waals surface area contributed by atoms with E-state index in [9.17, 15) is 9.59 Å². The van der Waals surface area contributed by atoms with Gasteiger partial charge in [-0.25, -0.2) is 0 Å². The molecule has 0 saturated heterocycles. The van der Waals surface area contributed by atoms with Crippen LogP contribution >= 0.6 is 0 Å². The number of hydrogen-bond acceptors (Lipinski definition) is 4. The van der Waals surface area contributed by atoms with Crippen LogP contribution in [0.5, 0.6) is 0 Å². The Hall–Kier alpha value is -1.14. The zero-order valence-corrected chi connectivity index (χ0v) is 11.4. The first kappa shape index (κ1) is 14.9. The molecule has 0 radical (unpaired) electrons. The molecule has 1 aliphatic carbocycles. The van der Waals surface area contributed by atoms with E-state index in [2.05, 4.69) is 0 Å². The summed E-state index contributed by atoms with van der Waals surface area (Å²) in [6, 6.07) is 0. The fourth-order valence-electron chi connectivity index (χ4n) is 1.75.